The van der Waals surface area contributed by atoms with E-state index in [4.69, 9.17) is 0 Å². The van der Waals surface area contributed by atoms with E-state index >= 15 is 0 Å². The van der Waals surface area contributed by atoms with Crippen LogP contribution in [0.1, 0.15) is 16.1 Å². The van der Waals surface area contributed by atoms with Gasteiger partial charge in [0, 0.05) is 18.0 Å². The Labute approximate surface area is 125 Å². The van der Waals surface area contributed by atoms with Crippen molar-refractivity contribution in [3.05, 3.63) is 65.4 Å². The molecule has 0 radical (unpaired) electrons. The van der Waals surface area contributed by atoms with Gasteiger partial charge in [-0.15, -0.1) is 0 Å². The second-order valence-corrected chi connectivity index (χ2v) is 4.90. The smallest absolute Gasteiger partial charge is 0.251 e. The average Bonchev–Trinajstić information content (AvgIpc) is 2.84. The number of halogens is 2. The van der Waals surface area contributed by atoms with Gasteiger partial charge in [0.1, 0.15) is 0 Å². The molecule has 0 fully saturated rings. The van der Waals surface area contributed by atoms with E-state index in [1.54, 1.807) is 4.68 Å². The minimum absolute atomic E-state index is 0.0686. The molecule has 6 heteroatoms. The van der Waals surface area contributed by atoms with Crippen molar-refractivity contribution in [2.75, 3.05) is 0 Å². The largest absolute Gasteiger partial charge is 0.346 e. The quantitative estimate of drug-likeness (QED) is 0.808. The van der Waals surface area contributed by atoms with E-state index in [1.807, 2.05) is 31.3 Å². The first kappa shape index (κ1) is 14.2. The van der Waals surface area contributed by atoms with Crippen LogP contribution in [0.2, 0.25) is 0 Å². The van der Waals surface area contributed by atoms with E-state index < -0.39 is 17.5 Å². The minimum Gasteiger partial charge on any atom is -0.346 e. The summed E-state index contributed by atoms with van der Waals surface area (Å²) in [6.45, 7) is 0.208. The van der Waals surface area contributed by atoms with Crippen LogP contribution >= 0.6 is 0 Å². The first-order valence-electron chi connectivity index (χ1n) is 6.70. The lowest BCUT2D eigenvalue weighted by molar-refractivity contribution is 0.0950. The number of amides is 1. The van der Waals surface area contributed by atoms with Crippen LogP contribution in [-0.2, 0) is 13.6 Å². The molecule has 3 rings (SSSR count). The summed E-state index contributed by atoms with van der Waals surface area (Å²) < 4.78 is 27.7. The zero-order valence-corrected chi connectivity index (χ0v) is 11.8. The third-order valence-corrected chi connectivity index (χ3v) is 3.43. The fourth-order valence-electron chi connectivity index (χ4n) is 2.32. The van der Waals surface area contributed by atoms with Crippen molar-refractivity contribution in [1.29, 1.82) is 0 Å². The topological polar surface area (TPSA) is 46.9 Å². The SMILES string of the molecule is Cn1nc(CNC(=O)c2ccc(F)c(F)c2)c2ccccc21. The van der Waals surface area contributed by atoms with Gasteiger partial charge in [0.15, 0.2) is 11.6 Å². The Kier molecular flexibility index (Phi) is 3.58. The molecule has 1 amide bonds. The Hall–Kier alpha value is -2.76. The van der Waals surface area contributed by atoms with Gasteiger partial charge < -0.3 is 5.32 Å². The van der Waals surface area contributed by atoms with E-state index in [0.29, 0.717) is 5.69 Å². The number of hydrogen-bond donors (Lipinski definition) is 1. The third-order valence-electron chi connectivity index (χ3n) is 3.43. The molecule has 0 saturated carbocycles. The van der Waals surface area contributed by atoms with E-state index in [-0.39, 0.29) is 12.1 Å². The average molecular weight is 301 g/mol. The van der Waals surface area contributed by atoms with Gasteiger partial charge in [0.05, 0.1) is 17.8 Å². The lowest BCUT2D eigenvalue weighted by Crippen LogP contribution is -2.23. The number of nitrogens with one attached hydrogen (secondary N) is 1. The summed E-state index contributed by atoms with van der Waals surface area (Å²) in [5.41, 5.74) is 1.74. The van der Waals surface area contributed by atoms with E-state index in [1.165, 1.54) is 6.07 Å². The normalized spacial score (nSPS) is 10.9. The number of para-hydroxylation sites is 1. The van der Waals surface area contributed by atoms with Crippen molar-refractivity contribution in [3.8, 4) is 0 Å². The first-order valence-corrected chi connectivity index (χ1v) is 6.70. The number of carbonyl (C=O) groups is 1. The van der Waals surface area contributed by atoms with Crippen LogP contribution in [0.3, 0.4) is 0 Å². The zero-order chi connectivity index (χ0) is 15.7. The molecule has 3 aromatic rings. The summed E-state index contributed by atoms with van der Waals surface area (Å²) >= 11 is 0. The maximum Gasteiger partial charge on any atom is 0.251 e. The number of carbonyl (C=O) groups excluding carboxylic acids is 1. The summed E-state index contributed by atoms with van der Waals surface area (Å²) in [5.74, 6) is -2.50. The van der Waals surface area contributed by atoms with Crippen molar-refractivity contribution in [2.24, 2.45) is 7.05 Å². The molecule has 1 aromatic heterocycles. The Morgan fingerprint density at radius 2 is 1.95 bits per heavy atom. The molecule has 0 bridgehead atoms. The van der Waals surface area contributed by atoms with Crippen LogP contribution in [0.25, 0.3) is 10.9 Å². The highest BCUT2D eigenvalue weighted by molar-refractivity contribution is 5.94. The lowest BCUT2D eigenvalue weighted by atomic mass is 10.2. The number of hydrogen-bond acceptors (Lipinski definition) is 2. The Balaban J connectivity index is 1.79. The van der Waals surface area contributed by atoms with Crippen molar-refractivity contribution in [3.63, 3.8) is 0 Å². The number of benzene rings is 2. The predicted molar refractivity (Wildman–Crippen MR) is 78.2 cm³/mol. The van der Waals surface area contributed by atoms with Gasteiger partial charge in [-0.25, -0.2) is 8.78 Å². The summed E-state index contributed by atoms with van der Waals surface area (Å²) in [4.78, 5) is 12.0. The van der Waals surface area contributed by atoms with Crippen molar-refractivity contribution in [2.45, 2.75) is 6.54 Å². The Morgan fingerprint density at radius 3 is 2.73 bits per heavy atom. The molecule has 22 heavy (non-hydrogen) atoms. The van der Waals surface area contributed by atoms with Crippen LogP contribution in [-0.4, -0.2) is 15.7 Å². The molecule has 0 aliphatic carbocycles. The molecular weight excluding hydrogens is 288 g/mol. The Bertz CT molecular complexity index is 858. The molecule has 0 saturated heterocycles. The van der Waals surface area contributed by atoms with Crippen LogP contribution in [0.5, 0.6) is 0 Å². The molecule has 0 aliphatic heterocycles. The van der Waals surface area contributed by atoms with E-state index in [2.05, 4.69) is 10.4 Å². The molecule has 0 unspecified atom stereocenters. The monoisotopic (exact) mass is 301 g/mol. The summed E-state index contributed by atoms with van der Waals surface area (Å²) in [7, 11) is 1.82. The van der Waals surface area contributed by atoms with E-state index in [0.717, 1.165) is 23.0 Å². The van der Waals surface area contributed by atoms with Gasteiger partial charge in [0.25, 0.3) is 5.91 Å². The maximum atomic E-state index is 13.1. The van der Waals surface area contributed by atoms with Gasteiger partial charge in [-0.05, 0) is 24.3 Å². The number of fused-ring (bicyclic) bond motifs is 1. The lowest BCUT2D eigenvalue weighted by Gasteiger charge is -2.04. The number of nitrogens with zero attached hydrogens (tertiary/aromatic N) is 2. The second kappa shape index (κ2) is 5.55. The molecule has 1 N–H and O–H groups in total. The van der Waals surface area contributed by atoms with Gasteiger partial charge >= 0.3 is 0 Å². The summed E-state index contributed by atoms with van der Waals surface area (Å²) in [5, 5.41) is 7.96. The first-order chi connectivity index (χ1) is 10.6. The second-order valence-electron chi connectivity index (χ2n) is 4.90. The highest BCUT2D eigenvalue weighted by Gasteiger charge is 2.12. The molecule has 0 aliphatic rings. The minimum atomic E-state index is -1.05. The summed E-state index contributed by atoms with van der Waals surface area (Å²) in [6, 6.07) is 10.7. The third kappa shape index (κ3) is 2.55. The van der Waals surface area contributed by atoms with Gasteiger partial charge in [-0.2, -0.15) is 5.10 Å². The van der Waals surface area contributed by atoms with Gasteiger partial charge in [-0.1, -0.05) is 18.2 Å². The predicted octanol–water partition coefficient (Wildman–Crippen LogP) is 2.78. The van der Waals surface area contributed by atoms with Gasteiger partial charge in [-0.3, -0.25) is 9.48 Å². The van der Waals surface area contributed by atoms with Crippen LogP contribution in [0.4, 0.5) is 8.78 Å². The molecule has 112 valence electrons. The molecular formula is C16H13F2N3O. The molecule has 0 atom stereocenters. The Morgan fingerprint density at radius 1 is 1.18 bits per heavy atom. The fraction of sp³-hybridized carbons (Fsp3) is 0.125. The fourth-order valence-corrected chi connectivity index (χ4v) is 2.32. The van der Waals surface area contributed by atoms with Crippen LogP contribution in [0.15, 0.2) is 42.5 Å². The maximum absolute atomic E-state index is 13.1. The number of rotatable bonds is 3. The van der Waals surface area contributed by atoms with E-state index in [9.17, 15) is 13.6 Å². The van der Waals surface area contributed by atoms with Crippen LogP contribution < -0.4 is 5.32 Å². The van der Waals surface area contributed by atoms with Crippen molar-refractivity contribution in [1.82, 2.24) is 15.1 Å². The summed E-state index contributed by atoms with van der Waals surface area (Å²) in [6.07, 6.45) is 0. The zero-order valence-electron chi connectivity index (χ0n) is 11.8. The molecule has 2 aromatic carbocycles. The molecule has 0 spiro atoms. The van der Waals surface area contributed by atoms with Crippen molar-refractivity contribution < 1.29 is 13.6 Å². The number of aryl methyl sites for hydroxylation is 1. The molecule has 4 nitrogen and oxygen atoms in total. The molecule has 1 heterocycles. The highest BCUT2D eigenvalue weighted by Crippen LogP contribution is 2.17. The standard InChI is InChI=1S/C16H13F2N3O/c1-21-15-5-3-2-4-11(15)14(20-21)9-19-16(22)10-6-7-12(17)13(18)8-10/h2-8H,9H2,1H3,(H,19,22). The van der Waals surface area contributed by atoms with Crippen molar-refractivity contribution >= 4 is 16.8 Å². The number of aromatic nitrogens is 2. The van der Waals surface area contributed by atoms with Gasteiger partial charge in [0.2, 0.25) is 0 Å². The highest BCUT2D eigenvalue weighted by atomic mass is 19.2. The van der Waals surface area contributed by atoms with Crippen LogP contribution in [0, 0.1) is 11.6 Å².